The van der Waals surface area contributed by atoms with E-state index in [0.717, 1.165) is 38.2 Å². The van der Waals surface area contributed by atoms with Crippen molar-refractivity contribution < 1.29 is 4.74 Å². The molecule has 0 aliphatic carbocycles. The molecular formula is C12H22N4O. The maximum Gasteiger partial charge on any atom is 0.0596 e. The average Bonchev–Trinajstić information content (AvgIpc) is 2.88. The van der Waals surface area contributed by atoms with Crippen molar-refractivity contribution in [3.63, 3.8) is 0 Å². The minimum Gasteiger partial charge on any atom is -0.381 e. The highest BCUT2D eigenvalue weighted by atomic mass is 16.5. The number of nitrogens with two attached hydrogens (primary N) is 1. The lowest BCUT2D eigenvalue weighted by Crippen LogP contribution is -2.38. The average molecular weight is 238 g/mol. The van der Waals surface area contributed by atoms with Crippen molar-refractivity contribution in [1.29, 1.82) is 0 Å². The molecule has 2 unspecified atom stereocenters. The van der Waals surface area contributed by atoms with Crippen LogP contribution >= 0.6 is 0 Å². The molecule has 3 N–H and O–H groups in total. The molecule has 1 aromatic rings. The van der Waals surface area contributed by atoms with E-state index in [-0.39, 0.29) is 0 Å². The van der Waals surface area contributed by atoms with E-state index in [1.54, 1.807) is 0 Å². The van der Waals surface area contributed by atoms with Crippen LogP contribution in [0.15, 0.2) is 6.07 Å². The summed E-state index contributed by atoms with van der Waals surface area (Å²) in [6, 6.07) is 2.42. The number of hydrogen-bond donors (Lipinski definition) is 2. The largest absolute Gasteiger partial charge is 0.381 e. The Balaban J connectivity index is 1.92. The summed E-state index contributed by atoms with van der Waals surface area (Å²) in [7, 11) is 1.98. The zero-order chi connectivity index (χ0) is 12.3. The molecule has 2 atom stereocenters. The smallest absolute Gasteiger partial charge is 0.0596 e. The number of hydrazine groups is 1. The zero-order valence-electron chi connectivity index (χ0n) is 10.6. The van der Waals surface area contributed by atoms with Crippen LogP contribution in [0.3, 0.4) is 0 Å². The first-order valence-electron chi connectivity index (χ1n) is 6.22. The molecule has 5 heteroatoms. The van der Waals surface area contributed by atoms with Gasteiger partial charge in [0.05, 0.1) is 5.69 Å². The fourth-order valence-corrected chi connectivity index (χ4v) is 2.49. The lowest BCUT2D eigenvalue weighted by Gasteiger charge is -2.18. The minimum atomic E-state index is 0.302. The standard InChI is InChI=1S/C12H22N4O/c1-9-5-12(16(2)15-9)7-11(14-13)6-10-3-4-17-8-10/h5,10-11,14H,3-4,6-8,13H2,1-2H3. The Morgan fingerprint density at radius 3 is 3.06 bits per heavy atom. The number of ether oxygens (including phenoxy) is 1. The monoisotopic (exact) mass is 238 g/mol. The Hall–Kier alpha value is -0.910. The molecule has 2 heterocycles. The number of rotatable bonds is 5. The van der Waals surface area contributed by atoms with Gasteiger partial charge in [-0.15, -0.1) is 0 Å². The first kappa shape index (κ1) is 12.5. The summed E-state index contributed by atoms with van der Waals surface area (Å²) in [6.45, 7) is 3.79. The summed E-state index contributed by atoms with van der Waals surface area (Å²) in [5.74, 6) is 6.28. The van der Waals surface area contributed by atoms with Crippen molar-refractivity contribution in [3.8, 4) is 0 Å². The lowest BCUT2D eigenvalue weighted by molar-refractivity contribution is 0.181. The molecule has 0 bridgehead atoms. The molecule has 0 saturated carbocycles. The normalized spacial score (nSPS) is 21.9. The molecule has 0 spiro atoms. The molecule has 96 valence electrons. The van der Waals surface area contributed by atoms with Gasteiger partial charge in [-0.3, -0.25) is 16.0 Å². The van der Waals surface area contributed by atoms with E-state index in [1.807, 2.05) is 18.7 Å². The molecular weight excluding hydrogens is 216 g/mol. The molecule has 5 nitrogen and oxygen atoms in total. The topological polar surface area (TPSA) is 65.1 Å². The number of hydrogen-bond acceptors (Lipinski definition) is 4. The van der Waals surface area contributed by atoms with Crippen LogP contribution < -0.4 is 11.3 Å². The van der Waals surface area contributed by atoms with E-state index in [0.29, 0.717) is 12.0 Å². The molecule has 0 radical (unpaired) electrons. The third-order valence-corrected chi connectivity index (χ3v) is 3.43. The summed E-state index contributed by atoms with van der Waals surface area (Å²) in [5.41, 5.74) is 5.20. The van der Waals surface area contributed by atoms with Crippen molar-refractivity contribution in [2.45, 2.75) is 32.2 Å². The van der Waals surface area contributed by atoms with E-state index < -0.39 is 0 Å². The SMILES string of the molecule is Cc1cc(CC(CC2CCOC2)NN)n(C)n1. The Labute approximate surface area is 102 Å². The van der Waals surface area contributed by atoms with Crippen molar-refractivity contribution in [3.05, 3.63) is 17.5 Å². The first-order chi connectivity index (χ1) is 8.19. The molecule has 0 aromatic carbocycles. The van der Waals surface area contributed by atoms with E-state index in [2.05, 4.69) is 16.6 Å². The summed E-state index contributed by atoms with van der Waals surface area (Å²) in [6.07, 6.45) is 3.15. The van der Waals surface area contributed by atoms with Crippen molar-refractivity contribution in [2.75, 3.05) is 13.2 Å². The molecule has 1 aromatic heterocycles. The first-order valence-corrected chi connectivity index (χ1v) is 6.22. The maximum absolute atomic E-state index is 5.64. The van der Waals surface area contributed by atoms with Crippen LogP contribution in [0, 0.1) is 12.8 Å². The Bertz CT molecular complexity index is 357. The van der Waals surface area contributed by atoms with Crippen molar-refractivity contribution in [1.82, 2.24) is 15.2 Å². The van der Waals surface area contributed by atoms with Gasteiger partial charge >= 0.3 is 0 Å². The van der Waals surface area contributed by atoms with Gasteiger partial charge in [-0.1, -0.05) is 0 Å². The quantitative estimate of drug-likeness (QED) is 0.580. The van der Waals surface area contributed by atoms with E-state index in [9.17, 15) is 0 Å². The predicted molar refractivity (Wildman–Crippen MR) is 66.3 cm³/mol. The van der Waals surface area contributed by atoms with Gasteiger partial charge in [0.2, 0.25) is 0 Å². The molecule has 1 aliphatic rings. The Morgan fingerprint density at radius 2 is 2.53 bits per heavy atom. The van der Waals surface area contributed by atoms with Gasteiger partial charge < -0.3 is 4.74 Å². The highest BCUT2D eigenvalue weighted by Crippen LogP contribution is 2.19. The third kappa shape index (κ3) is 3.28. The van der Waals surface area contributed by atoms with Crippen molar-refractivity contribution >= 4 is 0 Å². The maximum atomic E-state index is 5.64. The fraction of sp³-hybridized carbons (Fsp3) is 0.750. The van der Waals surface area contributed by atoms with Gasteiger partial charge in [0.15, 0.2) is 0 Å². The predicted octanol–water partition coefficient (Wildman–Crippen LogP) is 0.530. The van der Waals surface area contributed by atoms with Crippen molar-refractivity contribution in [2.24, 2.45) is 18.8 Å². The summed E-state index contributed by atoms with van der Waals surface area (Å²) in [5, 5.41) is 4.35. The van der Waals surface area contributed by atoms with Crippen LogP contribution in [0.5, 0.6) is 0 Å². The van der Waals surface area contributed by atoms with Crippen LogP contribution in [0.4, 0.5) is 0 Å². The number of nitrogens with zero attached hydrogens (tertiary/aromatic N) is 2. The van der Waals surface area contributed by atoms with E-state index >= 15 is 0 Å². The van der Waals surface area contributed by atoms with Crippen LogP contribution in [0.1, 0.15) is 24.2 Å². The molecule has 2 rings (SSSR count). The van der Waals surface area contributed by atoms with E-state index in [4.69, 9.17) is 10.6 Å². The number of nitrogens with one attached hydrogen (secondary N) is 1. The highest BCUT2D eigenvalue weighted by molar-refractivity contribution is 5.10. The van der Waals surface area contributed by atoms with Gasteiger partial charge in [-0.25, -0.2) is 0 Å². The van der Waals surface area contributed by atoms with Gasteiger partial charge in [0.25, 0.3) is 0 Å². The van der Waals surface area contributed by atoms with Gasteiger partial charge in [0, 0.05) is 38.4 Å². The second-order valence-electron chi connectivity index (χ2n) is 4.93. The van der Waals surface area contributed by atoms with Gasteiger partial charge in [0.1, 0.15) is 0 Å². The van der Waals surface area contributed by atoms with Crippen LogP contribution in [-0.2, 0) is 18.2 Å². The summed E-state index contributed by atoms with van der Waals surface area (Å²) in [4.78, 5) is 0. The zero-order valence-corrected chi connectivity index (χ0v) is 10.6. The summed E-state index contributed by atoms with van der Waals surface area (Å²) >= 11 is 0. The third-order valence-electron chi connectivity index (χ3n) is 3.43. The Morgan fingerprint density at radius 1 is 1.71 bits per heavy atom. The fourth-order valence-electron chi connectivity index (χ4n) is 2.49. The van der Waals surface area contributed by atoms with Crippen LogP contribution in [0.25, 0.3) is 0 Å². The summed E-state index contributed by atoms with van der Waals surface area (Å²) < 4.78 is 7.33. The van der Waals surface area contributed by atoms with Crippen LogP contribution in [0.2, 0.25) is 0 Å². The lowest BCUT2D eigenvalue weighted by atomic mass is 9.96. The molecule has 1 fully saturated rings. The number of aromatic nitrogens is 2. The molecule has 17 heavy (non-hydrogen) atoms. The number of aryl methyl sites for hydroxylation is 2. The van der Waals surface area contributed by atoms with E-state index in [1.165, 1.54) is 5.69 Å². The second kappa shape index (κ2) is 5.62. The minimum absolute atomic E-state index is 0.302. The van der Waals surface area contributed by atoms with Gasteiger partial charge in [-0.2, -0.15) is 5.10 Å². The second-order valence-corrected chi connectivity index (χ2v) is 4.93. The molecule has 1 aliphatic heterocycles. The molecule has 0 amide bonds. The molecule has 1 saturated heterocycles. The highest BCUT2D eigenvalue weighted by Gasteiger charge is 2.21. The Kier molecular flexibility index (Phi) is 4.15. The van der Waals surface area contributed by atoms with Crippen LogP contribution in [-0.4, -0.2) is 29.0 Å². The van der Waals surface area contributed by atoms with Gasteiger partial charge in [-0.05, 0) is 31.7 Å².